The van der Waals surface area contributed by atoms with Crippen LogP contribution in [0.2, 0.25) is 0 Å². The summed E-state index contributed by atoms with van der Waals surface area (Å²) in [6.45, 7) is 5.24. The molecule has 1 saturated carbocycles. The van der Waals surface area contributed by atoms with Gasteiger partial charge in [0.15, 0.2) is 0 Å². The number of hydrogen-bond donors (Lipinski definition) is 1. The number of nitrogens with one attached hydrogen (secondary N) is 1. The van der Waals surface area contributed by atoms with Crippen LogP contribution < -0.4 is 5.32 Å². The largest absolute Gasteiger partial charge is 0.456 e. The SMILES string of the molecule is CC(C)(OC(=O)c1cc(I)cc(I)c1I)C1CC2CNC1C2. The molecule has 0 spiro atoms. The third-order valence-corrected chi connectivity index (χ3v) is 8.46. The van der Waals surface area contributed by atoms with E-state index < -0.39 is 5.60 Å². The number of rotatable bonds is 3. The summed E-state index contributed by atoms with van der Waals surface area (Å²) in [5.74, 6) is 0.968. The van der Waals surface area contributed by atoms with Crippen LogP contribution in [-0.2, 0) is 4.74 Å². The van der Waals surface area contributed by atoms with Crippen LogP contribution in [0, 0.1) is 22.5 Å². The maximum Gasteiger partial charge on any atom is 0.339 e. The summed E-state index contributed by atoms with van der Waals surface area (Å²) >= 11 is 6.75. The molecule has 2 fully saturated rings. The Morgan fingerprint density at radius 3 is 2.59 bits per heavy atom. The number of carbonyl (C=O) groups excluding carboxylic acids is 1. The number of benzene rings is 1. The van der Waals surface area contributed by atoms with E-state index in [1.54, 1.807) is 0 Å². The van der Waals surface area contributed by atoms with Gasteiger partial charge in [0.1, 0.15) is 5.60 Å². The molecule has 0 radical (unpaired) electrons. The lowest BCUT2D eigenvalue weighted by Gasteiger charge is -2.37. The summed E-state index contributed by atoms with van der Waals surface area (Å²) in [5.41, 5.74) is 0.251. The molecule has 0 aromatic heterocycles. The predicted octanol–water partition coefficient (Wildman–Crippen LogP) is 4.43. The van der Waals surface area contributed by atoms with Gasteiger partial charge in [0.05, 0.1) is 5.56 Å². The van der Waals surface area contributed by atoms with Crippen molar-refractivity contribution in [1.82, 2.24) is 5.32 Å². The van der Waals surface area contributed by atoms with Gasteiger partial charge in [-0.05, 0) is 119 Å². The Morgan fingerprint density at radius 2 is 2.00 bits per heavy atom. The number of halogens is 3. The van der Waals surface area contributed by atoms with Gasteiger partial charge in [-0.2, -0.15) is 0 Å². The third-order valence-electron chi connectivity index (χ3n) is 4.79. The molecule has 1 aromatic rings. The zero-order valence-corrected chi connectivity index (χ0v) is 18.9. The molecule has 3 unspecified atom stereocenters. The maximum absolute atomic E-state index is 12.7. The van der Waals surface area contributed by atoms with Crippen molar-refractivity contribution in [2.75, 3.05) is 6.54 Å². The lowest BCUT2D eigenvalue weighted by molar-refractivity contribution is -0.0375. The van der Waals surface area contributed by atoms with Crippen molar-refractivity contribution < 1.29 is 9.53 Å². The van der Waals surface area contributed by atoms with Gasteiger partial charge < -0.3 is 10.1 Å². The Balaban J connectivity index is 1.79. The van der Waals surface area contributed by atoms with Crippen LogP contribution >= 0.6 is 67.8 Å². The van der Waals surface area contributed by atoms with Crippen molar-refractivity contribution in [2.45, 2.75) is 38.3 Å². The maximum atomic E-state index is 12.7. The highest BCUT2D eigenvalue weighted by molar-refractivity contribution is 14.1. The highest BCUT2D eigenvalue weighted by Gasteiger charge is 2.48. The number of hydrogen-bond acceptors (Lipinski definition) is 3. The number of ether oxygens (including phenoxy) is 1. The molecule has 1 aromatic carbocycles. The number of carbonyl (C=O) groups is 1. The summed E-state index contributed by atoms with van der Waals surface area (Å²) < 4.78 is 9.10. The second-order valence-corrected chi connectivity index (χ2v) is 10.2. The summed E-state index contributed by atoms with van der Waals surface area (Å²) in [6.07, 6.45) is 2.39. The van der Waals surface area contributed by atoms with Crippen LogP contribution in [0.5, 0.6) is 0 Å². The molecule has 120 valence electrons. The van der Waals surface area contributed by atoms with E-state index >= 15 is 0 Å². The van der Waals surface area contributed by atoms with Crippen LogP contribution in [0.4, 0.5) is 0 Å². The molecule has 6 heteroatoms. The van der Waals surface area contributed by atoms with E-state index in [0.717, 1.165) is 23.2 Å². The first kappa shape index (κ1) is 17.7. The van der Waals surface area contributed by atoms with Gasteiger partial charge in [0.2, 0.25) is 0 Å². The minimum atomic E-state index is -0.431. The average Bonchev–Trinajstić information content (AvgIpc) is 3.05. The van der Waals surface area contributed by atoms with Gasteiger partial charge in [-0.25, -0.2) is 4.79 Å². The molecule has 1 aliphatic carbocycles. The van der Waals surface area contributed by atoms with E-state index in [1.165, 1.54) is 12.8 Å². The molecule has 1 N–H and O–H groups in total. The summed E-state index contributed by atoms with van der Waals surface area (Å²) in [4.78, 5) is 12.7. The quantitative estimate of drug-likeness (QED) is 0.303. The Bertz CT molecular complexity index is 618. The Kier molecular flexibility index (Phi) is 5.32. The summed E-state index contributed by atoms with van der Waals surface area (Å²) in [5, 5.41) is 3.56. The molecule has 1 heterocycles. The van der Waals surface area contributed by atoms with Crippen molar-refractivity contribution in [3.8, 4) is 0 Å². The fourth-order valence-corrected chi connectivity index (χ4v) is 6.07. The van der Waals surface area contributed by atoms with E-state index in [2.05, 4.69) is 93.0 Å². The van der Waals surface area contributed by atoms with Crippen molar-refractivity contribution in [3.63, 3.8) is 0 Å². The summed E-state index contributed by atoms with van der Waals surface area (Å²) in [7, 11) is 0. The lowest BCUT2D eigenvalue weighted by atomic mass is 9.84. The molecule has 3 atom stereocenters. The smallest absolute Gasteiger partial charge is 0.339 e. The molecule has 3 rings (SSSR count). The second-order valence-electron chi connectivity index (χ2n) is 6.70. The predicted molar refractivity (Wildman–Crippen MR) is 112 cm³/mol. The Hall–Kier alpha value is 0.840. The molecule has 1 saturated heterocycles. The van der Waals surface area contributed by atoms with Gasteiger partial charge in [-0.15, -0.1) is 0 Å². The number of fused-ring (bicyclic) bond motifs is 2. The van der Waals surface area contributed by atoms with Crippen molar-refractivity contribution in [2.24, 2.45) is 11.8 Å². The fraction of sp³-hybridized carbons (Fsp3) is 0.562. The van der Waals surface area contributed by atoms with Crippen LogP contribution in [0.25, 0.3) is 0 Å². The fourth-order valence-electron chi connectivity index (χ4n) is 3.70. The summed E-state index contributed by atoms with van der Waals surface area (Å²) in [6, 6.07) is 4.50. The van der Waals surface area contributed by atoms with E-state index in [4.69, 9.17) is 4.74 Å². The van der Waals surface area contributed by atoms with Crippen LogP contribution in [0.1, 0.15) is 37.0 Å². The minimum absolute atomic E-state index is 0.200. The molecular formula is C16H18I3NO2. The first-order valence-corrected chi connectivity index (χ1v) is 10.6. The molecule has 2 bridgehead atoms. The van der Waals surface area contributed by atoms with Crippen molar-refractivity contribution >= 4 is 73.7 Å². The van der Waals surface area contributed by atoms with Gasteiger partial charge in [-0.3, -0.25) is 0 Å². The normalized spacial score (nSPS) is 27.2. The Morgan fingerprint density at radius 1 is 1.27 bits per heavy atom. The standard InChI is InChI=1S/C16H18I3NO2/c1-16(2,11-3-8-4-13(11)20-7-8)22-15(21)10-5-9(17)6-12(18)14(10)19/h5-6,8,11,13,20H,3-4,7H2,1-2H3. The first-order chi connectivity index (χ1) is 10.3. The van der Waals surface area contributed by atoms with Crippen LogP contribution in [-0.4, -0.2) is 24.2 Å². The first-order valence-electron chi connectivity index (χ1n) is 7.39. The zero-order chi connectivity index (χ0) is 16.1. The second kappa shape index (κ2) is 6.62. The number of esters is 1. The molecule has 22 heavy (non-hydrogen) atoms. The van der Waals surface area contributed by atoms with E-state index in [-0.39, 0.29) is 5.97 Å². The Labute approximate surface area is 172 Å². The highest BCUT2D eigenvalue weighted by atomic mass is 127. The topological polar surface area (TPSA) is 38.3 Å². The van der Waals surface area contributed by atoms with Gasteiger partial charge >= 0.3 is 5.97 Å². The van der Waals surface area contributed by atoms with Crippen LogP contribution in [0.15, 0.2) is 12.1 Å². The van der Waals surface area contributed by atoms with E-state index in [1.807, 2.05) is 6.07 Å². The molecule has 0 amide bonds. The average molecular weight is 637 g/mol. The molecule has 3 nitrogen and oxygen atoms in total. The van der Waals surface area contributed by atoms with Crippen LogP contribution in [0.3, 0.4) is 0 Å². The monoisotopic (exact) mass is 637 g/mol. The van der Waals surface area contributed by atoms with Gasteiger partial charge in [0.25, 0.3) is 0 Å². The zero-order valence-electron chi connectivity index (χ0n) is 12.5. The van der Waals surface area contributed by atoms with E-state index in [9.17, 15) is 4.79 Å². The van der Waals surface area contributed by atoms with E-state index in [0.29, 0.717) is 17.5 Å². The number of piperidine rings is 1. The molecule has 1 aliphatic heterocycles. The van der Waals surface area contributed by atoms with Crippen molar-refractivity contribution in [1.29, 1.82) is 0 Å². The molecule has 2 aliphatic rings. The third kappa shape index (κ3) is 3.44. The highest BCUT2D eigenvalue weighted by Crippen LogP contribution is 2.43. The van der Waals surface area contributed by atoms with Gasteiger partial charge in [0, 0.05) is 22.7 Å². The van der Waals surface area contributed by atoms with Gasteiger partial charge in [-0.1, -0.05) is 0 Å². The van der Waals surface area contributed by atoms with Crippen molar-refractivity contribution in [3.05, 3.63) is 28.4 Å². The lowest BCUT2D eigenvalue weighted by Crippen LogP contribution is -2.47. The minimum Gasteiger partial charge on any atom is -0.456 e. The molecular weight excluding hydrogens is 619 g/mol.